The van der Waals surface area contributed by atoms with Crippen molar-refractivity contribution in [3.63, 3.8) is 0 Å². The van der Waals surface area contributed by atoms with Gasteiger partial charge in [0, 0.05) is 29.9 Å². The monoisotopic (exact) mass is 325 g/mol. The van der Waals surface area contributed by atoms with Crippen molar-refractivity contribution in [2.45, 2.75) is 6.92 Å². The van der Waals surface area contributed by atoms with Crippen molar-refractivity contribution in [2.24, 2.45) is 0 Å². The van der Waals surface area contributed by atoms with Crippen LogP contribution in [0.15, 0.2) is 48.5 Å². The lowest BCUT2D eigenvalue weighted by Crippen LogP contribution is -2.31. The molecule has 0 radical (unpaired) electrons. The highest BCUT2D eigenvalue weighted by molar-refractivity contribution is 6.05. The number of amides is 2. The van der Waals surface area contributed by atoms with Gasteiger partial charge in [0.15, 0.2) is 0 Å². The maximum absolute atomic E-state index is 12.3. The number of carbonyl (C=O) groups is 2. The lowest BCUT2D eigenvalue weighted by atomic mass is 10.1. The molecule has 5 nitrogen and oxygen atoms in total. The molecule has 2 N–H and O–H groups in total. The third-order valence-corrected chi connectivity index (χ3v) is 3.65. The lowest BCUT2D eigenvalue weighted by molar-refractivity contribution is 0.0949. The number of para-hydroxylation sites is 1. The summed E-state index contributed by atoms with van der Waals surface area (Å²) in [6, 6.07) is 14.3. The van der Waals surface area contributed by atoms with E-state index in [4.69, 9.17) is 0 Å². The number of benzene rings is 2. The van der Waals surface area contributed by atoms with Crippen molar-refractivity contribution in [2.75, 3.05) is 32.5 Å². The highest BCUT2D eigenvalue weighted by atomic mass is 16.2. The van der Waals surface area contributed by atoms with E-state index in [1.807, 2.05) is 50.2 Å². The van der Waals surface area contributed by atoms with Gasteiger partial charge in [-0.3, -0.25) is 9.59 Å². The van der Waals surface area contributed by atoms with E-state index in [9.17, 15) is 9.59 Å². The first-order chi connectivity index (χ1) is 11.5. The Balaban J connectivity index is 1.97. The summed E-state index contributed by atoms with van der Waals surface area (Å²) >= 11 is 0. The summed E-state index contributed by atoms with van der Waals surface area (Å²) < 4.78 is 0. The Hall–Kier alpha value is -2.66. The molecule has 0 aromatic heterocycles. The van der Waals surface area contributed by atoms with Crippen LogP contribution < -0.4 is 10.6 Å². The fraction of sp³-hybridized carbons (Fsp3) is 0.263. The minimum atomic E-state index is -0.191. The predicted molar refractivity (Wildman–Crippen MR) is 96.5 cm³/mol. The van der Waals surface area contributed by atoms with E-state index in [0.717, 1.165) is 17.8 Å². The zero-order chi connectivity index (χ0) is 17.5. The van der Waals surface area contributed by atoms with E-state index in [1.165, 1.54) is 0 Å². The Morgan fingerprint density at radius 3 is 2.08 bits per heavy atom. The van der Waals surface area contributed by atoms with Gasteiger partial charge in [-0.15, -0.1) is 0 Å². The number of likely N-dealkylation sites (N-methyl/N-ethyl adjacent to an activating group) is 1. The highest BCUT2D eigenvalue weighted by Crippen LogP contribution is 2.15. The number of hydrogen-bond acceptors (Lipinski definition) is 3. The highest BCUT2D eigenvalue weighted by Gasteiger charge is 2.10. The number of hydrogen-bond donors (Lipinski definition) is 2. The molecule has 0 aliphatic carbocycles. The van der Waals surface area contributed by atoms with Crippen LogP contribution in [-0.2, 0) is 0 Å². The number of aryl methyl sites for hydroxylation is 1. The molecule has 2 aromatic carbocycles. The Bertz CT molecular complexity index is 709. The number of nitrogens with zero attached hydrogens (tertiary/aromatic N) is 1. The number of nitrogens with one attached hydrogen (secondary N) is 2. The molecule has 0 unspecified atom stereocenters. The van der Waals surface area contributed by atoms with Crippen molar-refractivity contribution in [3.05, 3.63) is 65.2 Å². The SMILES string of the molecule is Cc1ccccc1NC(=O)c1ccc(C(=O)NCCN(C)C)cc1. The van der Waals surface area contributed by atoms with E-state index in [-0.39, 0.29) is 11.8 Å². The summed E-state index contributed by atoms with van der Waals surface area (Å²) in [4.78, 5) is 26.3. The third-order valence-electron chi connectivity index (χ3n) is 3.65. The first-order valence-electron chi connectivity index (χ1n) is 7.87. The van der Waals surface area contributed by atoms with Crippen LogP contribution in [0.1, 0.15) is 26.3 Å². The predicted octanol–water partition coefficient (Wildman–Crippen LogP) is 2.54. The van der Waals surface area contributed by atoms with Crippen molar-refractivity contribution < 1.29 is 9.59 Å². The van der Waals surface area contributed by atoms with E-state index in [2.05, 4.69) is 10.6 Å². The first kappa shape index (κ1) is 17.7. The van der Waals surface area contributed by atoms with Gasteiger partial charge in [-0.2, -0.15) is 0 Å². The molecule has 0 saturated heterocycles. The molecule has 0 aliphatic heterocycles. The molecular weight excluding hydrogens is 302 g/mol. The van der Waals surface area contributed by atoms with Gasteiger partial charge >= 0.3 is 0 Å². The molecule has 0 atom stereocenters. The summed E-state index contributed by atoms with van der Waals surface area (Å²) in [7, 11) is 3.90. The van der Waals surface area contributed by atoms with Crippen molar-refractivity contribution in [3.8, 4) is 0 Å². The van der Waals surface area contributed by atoms with Crippen LogP contribution in [0, 0.1) is 6.92 Å². The average molecular weight is 325 g/mol. The van der Waals surface area contributed by atoms with Crippen LogP contribution in [-0.4, -0.2) is 43.9 Å². The first-order valence-corrected chi connectivity index (χ1v) is 7.87. The maximum Gasteiger partial charge on any atom is 0.255 e. The second-order valence-electron chi connectivity index (χ2n) is 5.91. The zero-order valence-corrected chi connectivity index (χ0v) is 14.3. The zero-order valence-electron chi connectivity index (χ0n) is 14.3. The largest absolute Gasteiger partial charge is 0.351 e. The van der Waals surface area contributed by atoms with E-state index in [1.54, 1.807) is 24.3 Å². The number of carbonyl (C=O) groups excluding carboxylic acids is 2. The van der Waals surface area contributed by atoms with Gasteiger partial charge in [-0.1, -0.05) is 18.2 Å². The minimum Gasteiger partial charge on any atom is -0.351 e. The van der Waals surface area contributed by atoms with Crippen LogP contribution in [0.4, 0.5) is 5.69 Å². The second kappa shape index (κ2) is 8.26. The minimum absolute atomic E-state index is 0.136. The Kier molecular flexibility index (Phi) is 6.09. The maximum atomic E-state index is 12.3. The molecule has 0 fully saturated rings. The van der Waals surface area contributed by atoms with Crippen molar-refractivity contribution in [1.29, 1.82) is 0 Å². The van der Waals surface area contributed by atoms with Crippen molar-refractivity contribution >= 4 is 17.5 Å². The van der Waals surface area contributed by atoms with E-state index in [0.29, 0.717) is 17.7 Å². The molecule has 126 valence electrons. The van der Waals surface area contributed by atoms with E-state index < -0.39 is 0 Å². The number of rotatable bonds is 6. The topological polar surface area (TPSA) is 61.4 Å². The molecule has 2 rings (SSSR count). The Morgan fingerprint density at radius 1 is 0.917 bits per heavy atom. The fourth-order valence-electron chi connectivity index (χ4n) is 2.18. The quantitative estimate of drug-likeness (QED) is 0.858. The van der Waals surface area contributed by atoms with Crippen LogP contribution in [0.3, 0.4) is 0 Å². The summed E-state index contributed by atoms with van der Waals surface area (Å²) in [5.74, 6) is -0.327. The normalized spacial score (nSPS) is 10.5. The molecule has 0 heterocycles. The molecule has 0 aliphatic rings. The molecule has 0 bridgehead atoms. The molecule has 2 amide bonds. The van der Waals surface area contributed by atoms with Crippen LogP contribution in [0.25, 0.3) is 0 Å². The third kappa shape index (κ3) is 4.93. The molecular formula is C19H23N3O2. The van der Waals surface area contributed by atoms with Gasteiger partial charge in [-0.25, -0.2) is 0 Å². The van der Waals surface area contributed by atoms with Gasteiger partial charge in [0.05, 0.1) is 0 Å². The summed E-state index contributed by atoms with van der Waals surface area (Å²) in [6.45, 7) is 3.31. The average Bonchev–Trinajstić information content (AvgIpc) is 2.56. The van der Waals surface area contributed by atoms with E-state index >= 15 is 0 Å². The smallest absolute Gasteiger partial charge is 0.255 e. The molecule has 0 spiro atoms. The van der Waals surface area contributed by atoms with Gasteiger partial charge in [-0.05, 0) is 56.9 Å². The summed E-state index contributed by atoms with van der Waals surface area (Å²) in [5.41, 5.74) is 2.85. The fourth-order valence-corrected chi connectivity index (χ4v) is 2.18. The molecule has 2 aromatic rings. The summed E-state index contributed by atoms with van der Waals surface area (Å²) in [5, 5.41) is 5.72. The Labute approximate surface area is 142 Å². The van der Waals surface area contributed by atoms with Gasteiger partial charge in [0.25, 0.3) is 11.8 Å². The van der Waals surface area contributed by atoms with Gasteiger partial charge in [0.1, 0.15) is 0 Å². The Morgan fingerprint density at radius 2 is 1.50 bits per heavy atom. The van der Waals surface area contributed by atoms with Gasteiger partial charge < -0.3 is 15.5 Å². The van der Waals surface area contributed by atoms with Crippen LogP contribution >= 0.6 is 0 Å². The van der Waals surface area contributed by atoms with Crippen LogP contribution in [0.2, 0.25) is 0 Å². The van der Waals surface area contributed by atoms with Gasteiger partial charge in [0.2, 0.25) is 0 Å². The standard InChI is InChI=1S/C19H23N3O2/c1-14-6-4-5-7-17(14)21-19(24)16-10-8-15(9-11-16)18(23)20-12-13-22(2)3/h4-11H,12-13H2,1-3H3,(H,20,23)(H,21,24). The molecule has 0 saturated carbocycles. The summed E-state index contributed by atoms with van der Waals surface area (Å²) in [6.07, 6.45) is 0. The molecule has 24 heavy (non-hydrogen) atoms. The number of anilines is 1. The second-order valence-corrected chi connectivity index (χ2v) is 5.91. The van der Waals surface area contributed by atoms with Crippen LogP contribution in [0.5, 0.6) is 0 Å². The lowest BCUT2D eigenvalue weighted by Gasteiger charge is -2.11. The molecule has 5 heteroatoms. The van der Waals surface area contributed by atoms with Crippen molar-refractivity contribution in [1.82, 2.24) is 10.2 Å².